The molecule has 0 aromatic heterocycles. The van der Waals surface area contributed by atoms with E-state index >= 15 is 0 Å². The lowest BCUT2D eigenvalue weighted by atomic mass is 9.86. The fraction of sp³-hybridized carbons (Fsp3) is 0.333. The van der Waals surface area contributed by atoms with Crippen molar-refractivity contribution in [3.05, 3.63) is 70.9 Å². The highest BCUT2D eigenvalue weighted by molar-refractivity contribution is 6.07. The predicted molar refractivity (Wildman–Crippen MR) is 116 cm³/mol. The molecule has 2 N–H and O–H groups in total. The number of nitriles is 1. The molecule has 4 heteroatoms. The maximum absolute atomic E-state index is 12.7. The zero-order valence-corrected chi connectivity index (χ0v) is 17.4. The molecule has 0 saturated carbocycles. The van der Waals surface area contributed by atoms with Crippen LogP contribution in [0.2, 0.25) is 0 Å². The van der Waals surface area contributed by atoms with Crippen LogP contribution in [-0.2, 0) is 23.1 Å². The van der Waals surface area contributed by atoms with E-state index in [1.165, 1.54) is 6.20 Å². The molecule has 0 saturated heterocycles. The Morgan fingerprint density at radius 2 is 1.64 bits per heavy atom. The molecule has 0 atom stereocenters. The second-order valence-electron chi connectivity index (χ2n) is 7.72. The zero-order chi connectivity index (χ0) is 20.7. The van der Waals surface area contributed by atoms with Gasteiger partial charge in [-0.2, -0.15) is 5.26 Å². The van der Waals surface area contributed by atoms with E-state index < -0.39 is 5.91 Å². The monoisotopic (exact) mass is 375 g/mol. The number of anilines is 2. The minimum atomic E-state index is -0.404. The summed E-state index contributed by atoms with van der Waals surface area (Å²) in [6.07, 6.45) is 3.11. The maximum Gasteiger partial charge on any atom is 0.267 e. The third-order valence-corrected chi connectivity index (χ3v) is 4.71. The Morgan fingerprint density at radius 1 is 1.04 bits per heavy atom. The number of hydrogen-bond acceptors (Lipinski definition) is 3. The highest BCUT2D eigenvalue weighted by Gasteiger charge is 2.18. The SMILES string of the molecule is CCc1cccc(CC)c1NC(=O)/C(C#N)=C\Nc1ccccc1C(C)(C)C. The summed E-state index contributed by atoms with van der Waals surface area (Å²) in [5, 5.41) is 15.6. The summed E-state index contributed by atoms with van der Waals surface area (Å²) in [6.45, 7) is 10.5. The first kappa shape index (κ1) is 21.2. The Labute approximate surface area is 168 Å². The molecule has 1 amide bonds. The highest BCUT2D eigenvalue weighted by Crippen LogP contribution is 2.29. The molecule has 0 aliphatic carbocycles. The molecule has 28 heavy (non-hydrogen) atoms. The van der Waals surface area contributed by atoms with Crippen LogP contribution >= 0.6 is 0 Å². The molecule has 0 radical (unpaired) electrons. The van der Waals surface area contributed by atoms with E-state index in [2.05, 4.69) is 45.3 Å². The van der Waals surface area contributed by atoms with E-state index in [1.807, 2.05) is 48.5 Å². The van der Waals surface area contributed by atoms with Crippen LogP contribution in [0.25, 0.3) is 0 Å². The fourth-order valence-corrected chi connectivity index (χ4v) is 3.15. The number of aryl methyl sites for hydroxylation is 2. The van der Waals surface area contributed by atoms with Gasteiger partial charge in [-0.3, -0.25) is 4.79 Å². The minimum absolute atomic E-state index is 0.0386. The van der Waals surface area contributed by atoms with Gasteiger partial charge < -0.3 is 10.6 Å². The number of benzene rings is 2. The number of carbonyl (C=O) groups is 1. The van der Waals surface area contributed by atoms with Crippen molar-refractivity contribution in [2.75, 3.05) is 10.6 Å². The van der Waals surface area contributed by atoms with Gasteiger partial charge in [0.25, 0.3) is 5.91 Å². The van der Waals surface area contributed by atoms with Crippen molar-refractivity contribution in [3.63, 3.8) is 0 Å². The van der Waals surface area contributed by atoms with Gasteiger partial charge in [0, 0.05) is 17.6 Å². The molecule has 2 rings (SSSR count). The second kappa shape index (κ2) is 9.23. The van der Waals surface area contributed by atoms with E-state index in [-0.39, 0.29) is 11.0 Å². The number of amides is 1. The second-order valence-corrected chi connectivity index (χ2v) is 7.72. The lowest BCUT2D eigenvalue weighted by molar-refractivity contribution is -0.112. The Morgan fingerprint density at radius 3 is 2.18 bits per heavy atom. The predicted octanol–water partition coefficient (Wildman–Crippen LogP) is 5.57. The molecule has 0 fully saturated rings. The molecular formula is C24H29N3O. The Balaban J connectivity index is 2.28. The average Bonchev–Trinajstić information content (AvgIpc) is 2.68. The van der Waals surface area contributed by atoms with Gasteiger partial charge in [-0.1, -0.05) is 71.0 Å². The molecule has 0 unspecified atom stereocenters. The lowest BCUT2D eigenvalue weighted by Gasteiger charge is -2.22. The molecule has 0 spiro atoms. The van der Waals surface area contributed by atoms with E-state index in [9.17, 15) is 10.1 Å². The third-order valence-electron chi connectivity index (χ3n) is 4.71. The van der Waals surface area contributed by atoms with Gasteiger partial charge in [-0.15, -0.1) is 0 Å². The van der Waals surface area contributed by atoms with Crippen molar-refractivity contribution >= 4 is 17.3 Å². The van der Waals surface area contributed by atoms with Crippen molar-refractivity contribution in [2.24, 2.45) is 0 Å². The van der Waals surface area contributed by atoms with E-state index in [0.717, 1.165) is 40.9 Å². The normalized spacial score (nSPS) is 11.6. The highest BCUT2D eigenvalue weighted by atomic mass is 16.1. The molecule has 2 aromatic rings. The van der Waals surface area contributed by atoms with Gasteiger partial charge in [0.05, 0.1) is 0 Å². The van der Waals surface area contributed by atoms with Gasteiger partial charge in [0.15, 0.2) is 0 Å². The molecule has 146 valence electrons. The topological polar surface area (TPSA) is 64.9 Å². The van der Waals surface area contributed by atoms with Crippen molar-refractivity contribution in [1.29, 1.82) is 5.26 Å². The van der Waals surface area contributed by atoms with E-state index in [0.29, 0.717) is 0 Å². The maximum atomic E-state index is 12.7. The zero-order valence-electron chi connectivity index (χ0n) is 17.4. The minimum Gasteiger partial charge on any atom is -0.360 e. The molecule has 4 nitrogen and oxygen atoms in total. The first-order chi connectivity index (χ1) is 13.3. The van der Waals surface area contributed by atoms with Crippen molar-refractivity contribution in [3.8, 4) is 6.07 Å². The van der Waals surface area contributed by atoms with E-state index in [1.54, 1.807) is 0 Å². The molecule has 0 aliphatic rings. The number of carbonyl (C=O) groups excluding carboxylic acids is 1. The number of para-hydroxylation sites is 2. The van der Waals surface area contributed by atoms with Crippen LogP contribution in [0.5, 0.6) is 0 Å². The fourth-order valence-electron chi connectivity index (χ4n) is 3.15. The van der Waals surface area contributed by atoms with Crippen molar-refractivity contribution in [2.45, 2.75) is 52.9 Å². The lowest BCUT2D eigenvalue weighted by Crippen LogP contribution is -2.18. The summed E-state index contributed by atoms with van der Waals surface area (Å²) < 4.78 is 0. The molecular weight excluding hydrogens is 346 g/mol. The van der Waals surface area contributed by atoms with Crippen LogP contribution in [-0.4, -0.2) is 5.91 Å². The largest absolute Gasteiger partial charge is 0.360 e. The van der Waals surface area contributed by atoms with Crippen LogP contribution in [0.3, 0.4) is 0 Å². The van der Waals surface area contributed by atoms with Crippen LogP contribution in [0.1, 0.15) is 51.3 Å². The Kier molecular flexibility index (Phi) is 7.00. The number of nitrogens with zero attached hydrogens (tertiary/aromatic N) is 1. The van der Waals surface area contributed by atoms with Crippen LogP contribution in [0.4, 0.5) is 11.4 Å². The summed E-state index contributed by atoms with van der Waals surface area (Å²) in [5.41, 5.74) is 4.94. The summed E-state index contributed by atoms with van der Waals surface area (Å²) >= 11 is 0. The molecule has 0 aliphatic heterocycles. The van der Waals surface area contributed by atoms with Gasteiger partial charge in [0.2, 0.25) is 0 Å². The first-order valence-electron chi connectivity index (χ1n) is 9.70. The van der Waals surface area contributed by atoms with Crippen LogP contribution < -0.4 is 10.6 Å². The Bertz CT molecular complexity index is 892. The Hall–Kier alpha value is -3.06. The number of hydrogen-bond donors (Lipinski definition) is 2. The van der Waals surface area contributed by atoms with Crippen LogP contribution in [0.15, 0.2) is 54.2 Å². The number of rotatable bonds is 6. The quantitative estimate of drug-likeness (QED) is 0.512. The smallest absolute Gasteiger partial charge is 0.267 e. The molecule has 0 heterocycles. The van der Waals surface area contributed by atoms with E-state index in [4.69, 9.17) is 0 Å². The molecule has 0 bridgehead atoms. The summed E-state index contributed by atoms with van der Waals surface area (Å²) in [5.74, 6) is -0.404. The number of nitrogens with one attached hydrogen (secondary N) is 2. The standard InChI is InChI=1S/C24H29N3O/c1-6-17-11-10-12-18(7-2)22(17)27-23(28)19(15-25)16-26-21-14-9-8-13-20(21)24(3,4)5/h8-14,16,26H,6-7H2,1-5H3,(H,27,28)/b19-16-. The van der Waals surface area contributed by atoms with Crippen molar-refractivity contribution < 1.29 is 4.79 Å². The third kappa shape index (κ3) is 5.01. The van der Waals surface area contributed by atoms with Crippen LogP contribution in [0, 0.1) is 11.3 Å². The molecule has 2 aromatic carbocycles. The van der Waals surface area contributed by atoms with Gasteiger partial charge in [-0.25, -0.2) is 0 Å². The van der Waals surface area contributed by atoms with Gasteiger partial charge >= 0.3 is 0 Å². The van der Waals surface area contributed by atoms with Crippen molar-refractivity contribution in [1.82, 2.24) is 0 Å². The summed E-state index contributed by atoms with van der Waals surface area (Å²) in [6, 6.07) is 15.9. The first-order valence-corrected chi connectivity index (χ1v) is 9.70. The van der Waals surface area contributed by atoms with Gasteiger partial charge in [-0.05, 0) is 41.0 Å². The average molecular weight is 376 g/mol. The summed E-state index contributed by atoms with van der Waals surface area (Å²) in [7, 11) is 0. The van der Waals surface area contributed by atoms with Gasteiger partial charge in [0.1, 0.15) is 11.6 Å². The summed E-state index contributed by atoms with van der Waals surface area (Å²) in [4.78, 5) is 12.7.